The van der Waals surface area contributed by atoms with Gasteiger partial charge in [0.1, 0.15) is 5.60 Å². The summed E-state index contributed by atoms with van der Waals surface area (Å²) >= 11 is 0. The van der Waals surface area contributed by atoms with Crippen LogP contribution >= 0.6 is 0 Å². The highest BCUT2D eigenvalue weighted by molar-refractivity contribution is 5.70. The highest BCUT2D eigenvalue weighted by atomic mass is 16.6. The Morgan fingerprint density at radius 2 is 1.80 bits per heavy atom. The molecule has 2 atom stereocenters. The van der Waals surface area contributed by atoms with Crippen LogP contribution in [-0.2, 0) is 4.74 Å². The van der Waals surface area contributed by atoms with E-state index in [1.165, 1.54) is 32.1 Å². The second kappa shape index (κ2) is 3.13. The molecule has 2 aliphatic heterocycles. The Hall–Kier alpha value is -0.730. The fraction of sp³-hybridized carbons (Fsp3) is 0.917. The molecular weight excluding hydrogens is 190 g/mol. The van der Waals surface area contributed by atoms with E-state index in [0.717, 1.165) is 12.8 Å². The molecule has 2 unspecified atom stereocenters. The van der Waals surface area contributed by atoms with Gasteiger partial charge < -0.3 is 9.64 Å². The molecule has 2 bridgehead atoms. The Labute approximate surface area is 90.8 Å². The van der Waals surface area contributed by atoms with Crippen LogP contribution in [0.15, 0.2) is 0 Å². The predicted octanol–water partition coefficient (Wildman–Crippen LogP) is 2.69. The van der Waals surface area contributed by atoms with Crippen molar-refractivity contribution in [2.75, 3.05) is 0 Å². The number of carbonyl (C=O) groups is 1. The lowest BCUT2D eigenvalue weighted by molar-refractivity contribution is 0.0354. The summed E-state index contributed by atoms with van der Waals surface area (Å²) in [5.74, 6) is 0. The molecule has 3 heteroatoms. The summed E-state index contributed by atoms with van der Waals surface area (Å²) in [5.41, 5.74) is -0.117. The SMILES string of the molecule is CC1(OC(=O)N2C3CCCC2CC3)CC1. The smallest absolute Gasteiger partial charge is 0.410 e. The molecule has 2 saturated heterocycles. The highest BCUT2D eigenvalue weighted by Gasteiger charge is 2.46. The van der Waals surface area contributed by atoms with E-state index < -0.39 is 0 Å². The van der Waals surface area contributed by atoms with Crippen LogP contribution in [0.1, 0.15) is 51.9 Å². The zero-order valence-corrected chi connectivity index (χ0v) is 9.37. The molecule has 3 nitrogen and oxygen atoms in total. The van der Waals surface area contributed by atoms with Crippen molar-refractivity contribution in [3.05, 3.63) is 0 Å². The first kappa shape index (κ1) is 9.49. The molecule has 1 saturated carbocycles. The largest absolute Gasteiger partial charge is 0.443 e. The number of carbonyl (C=O) groups excluding carboxylic acids is 1. The fourth-order valence-corrected chi connectivity index (χ4v) is 2.96. The third-order valence-corrected chi connectivity index (χ3v) is 4.19. The number of hydrogen-bond acceptors (Lipinski definition) is 2. The number of hydrogen-bond donors (Lipinski definition) is 0. The second-order valence-corrected chi connectivity index (χ2v) is 5.54. The molecule has 15 heavy (non-hydrogen) atoms. The van der Waals surface area contributed by atoms with Gasteiger partial charge >= 0.3 is 6.09 Å². The standard InChI is InChI=1S/C12H19NO2/c1-12(7-8-12)15-11(14)13-9-3-2-4-10(13)6-5-9/h9-10H,2-8H2,1H3. The first-order chi connectivity index (χ1) is 7.18. The lowest BCUT2D eigenvalue weighted by Gasteiger charge is -2.34. The third-order valence-electron chi connectivity index (χ3n) is 4.19. The Balaban J connectivity index is 1.68. The van der Waals surface area contributed by atoms with Gasteiger partial charge in [-0.25, -0.2) is 4.79 Å². The van der Waals surface area contributed by atoms with E-state index in [4.69, 9.17) is 4.74 Å². The van der Waals surface area contributed by atoms with Gasteiger partial charge in [0.15, 0.2) is 0 Å². The average Bonchev–Trinajstić information content (AvgIpc) is 2.86. The summed E-state index contributed by atoms with van der Waals surface area (Å²) in [7, 11) is 0. The van der Waals surface area contributed by atoms with Crippen molar-refractivity contribution in [3.8, 4) is 0 Å². The minimum atomic E-state index is -0.117. The average molecular weight is 209 g/mol. The summed E-state index contributed by atoms with van der Waals surface area (Å²) in [6.07, 6.45) is 8.08. The van der Waals surface area contributed by atoms with Crippen LogP contribution in [0.25, 0.3) is 0 Å². The van der Waals surface area contributed by atoms with Crippen LogP contribution in [0.2, 0.25) is 0 Å². The van der Waals surface area contributed by atoms with Crippen molar-refractivity contribution in [2.24, 2.45) is 0 Å². The number of amides is 1. The number of piperidine rings is 1. The molecule has 84 valence electrons. The van der Waals surface area contributed by atoms with Gasteiger partial charge in [-0.15, -0.1) is 0 Å². The van der Waals surface area contributed by atoms with Gasteiger partial charge in [-0.05, 0) is 51.9 Å². The van der Waals surface area contributed by atoms with Gasteiger partial charge in [0.2, 0.25) is 0 Å². The summed E-state index contributed by atoms with van der Waals surface area (Å²) in [5, 5.41) is 0. The maximum atomic E-state index is 12.0. The van der Waals surface area contributed by atoms with Crippen molar-refractivity contribution < 1.29 is 9.53 Å². The maximum absolute atomic E-state index is 12.0. The number of ether oxygens (including phenoxy) is 1. The maximum Gasteiger partial charge on any atom is 0.410 e. The molecule has 0 aromatic carbocycles. The van der Waals surface area contributed by atoms with E-state index in [1.807, 2.05) is 11.8 Å². The molecule has 0 spiro atoms. The zero-order valence-electron chi connectivity index (χ0n) is 9.37. The topological polar surface area (TPSA) is 29.5 Å². The molecule has 0 radical (unpaired) electrons. The summed E-state index contributed by atoms with van der Waals surface area (Å²) < 4.78 is 5.56. The van der Waals surface area contributed by atoms with Gasteiger partial charge in [0, 0.05) is 12.1 Å². The van der Waals surface area contributed by atoms with Crippen molar-refractivity contribution >= 4 is 6.09 Å². The molecular formula is C12H19NO2. The Morgan fingerprint density at radius 1 is 1.20 bits per heavy atom. The van der Waals surface area contributed by atoms with Crippen molar-refractivity contribution in [3.63, 3.8) is 0 Å². The first-order valence-corrected chi connectivity index (χ1v) is 6.19. The normalized spacial score (nSPS) is 36.5. The lowest BCUT2D eigenvalue weighted by atomic mass is 10.0. The number of rotatable bonds is 1. The minimum absolute atomic E-state index is 0.0396. The van der Waals surface area contributed by atoms with Gasteiger partial charge in [0.05, 0.1) is 0 Å². The van der Waals surface area contributed by atoms with Gasteiger partial charge in [0.25, 0.3) is 0 Å². The second-order valence-electron chi connectivity index (χ2n) is 5.54. The monoisotopic (exact) mass is 209 g/mol. The van der Waals surface area contributed by atoms with Gasteiger partial charge in [-0.1, -0.05) is 0 Å². The van der Waals surface area contributed by atoms with Crippen LogP contribution in [0.4, 0.5) is 4.79 Å². The summed E-state index contributed by atoms with van der Waals surface area (Å²) in [6, 6.07) is 0.970. The molecule has 3 aliphatic rings. The van der Waals surface area contributed by atoms with Crippen molar-refractivity contribution in [2.45, 2.75) is 69.6 Å². The minimum Gasteiger partial charge on any atom is -0.443 e. The molecule has 0 aromatic heterocycles. The Bertz CT molecular complexity index is 269. The lowest BCUT2D eigenvalue weighted by Crippen LogP contribution is -2.45. The summed E-state index contributed by atoms with van der Waals surface area (Å²) in [6.45, 7) is 2.04. The van der Waals surface area contributed by atoms with Gasteiger partial charge in [-0.2, -0.15) is 0 Å². The molecule has 0 aromatic rings. The highest BCUT2D eigenvalue weighted by Crippen LogP contribution is 2.42. The van der Waals surface area contributed by atoms with Crippen LogP contribution in [0.3, 0.4) is 0 Å². The fourth-order valence-electron chi connectivity index (χ4n) is 2.96. The molecule has 3 fully saturated rings. The summed E-state index contributed by atoms with van der Waals surface area (Å²) in [4.78, 5) is 14.1. The Kier molecular flexibility index (Phi) is 1.98. The molecule has 0 N–H and O–H groups in total. The van der Waals surface area contributed by atoms with E-state index in [2.05, 4.69) is 0 Å². The first-order valence-electron chi connectivity index (χ1n) is 6.19. The van der Waals surface area contributed by atoms with E-state index in [-0.39, 0.29) is 11.7 Å². The molecule has 1 amide bonds. The van der Waals surface area contributed by atoms with E-state index in [1.54, 1.807) is 0 Å². The van der Waals surface area contributed by atoms with Gasteiger partial charge in [-0.3, -0.25) is 0 Å². The van der Waals surface area contributed by atoms with Crippen LogP contribution in [0.5, 0.6) is 0 Å². The van der Waals surface area contributed by atoms with Crippen LogP contribution in [-0.4, -0.2) is 28.7 Å². The van der Waals surface area contributed by atoms with Crippen LogP contribution < -0.4 is 0 Å². The Morgan fingerprint density at radius 3 is 2.33 bits per heavy atom. The number of fused-ring (bicyclic) bond motifs is 2. The molecule has 2 heterocycles. The molecule has 1 aliphatic carbocycles. The van der Waals surface area contributed by atoms with E-state index in [9.17, 15) is 4.79 Å². The van der Waals surface area contributed by atoms with E-state index >= 15 is 0 Å². The third kappa shape index (κ3) is 1.62. The van der Waals surface area contributed by atoms with Crippen molar-refractivity contribution in [1.29, 1.82) is 0 Å². The number of nitrogens with zero attached hydrogens (tertiary/aromatic N) is 1. The van der Waals surface area contributed by atoms with E-state index in [0.29, 0.717) is 12.1 Å². The van der Waals surface area contributed by atoms with Crippen molar-refractivity contribution in [1.82, 2.24) is 4.90 Å². The quantitative estimate of drug-likeness (QED) is 0.664. The molecule has 3 rings (SSSR count). The predicted molar refractivity (Wildman–Crippen MR) is 56.6 cm³/mol. The van der Waals surface area contributed by atoms with Crippen LogP contribution in [0, 0.1) is 0 Å². The zero-order chi connectivity index (χ0) is 10.5.